The molecule has 3 aromatic rings. The molecule has 1 saturated heterocycles. The SMILES string of the molecule is CCCN(Cc1nc2cc(Cl)ccc2c(=O)[nH]1)C(=O)C1CCCN(C(=O)Cc2ccc(F)cc2)C1. The number of piperidine rings is 1. The van der Waals surface area contributed by atoms with E-state index >= 15 is 0 Å². The summed E-state index contributed by atoms with van der Waals surface area (Å²) in [5.41, 5.74) is 0.945. The fraction of sp³-hybridized carbons (Fsp3) is 0.385. The van der Waals surface area contributed by atoms with Gasteiger partial charge >= 0.3 is 0 Å². The van der Waals surface area contributed by atoms with E-state index < -0.39 is 0 Å². The smallest absolute Gasteiger partial charge is 0.258 e. The van der Waals surface area contributed by atoms with E-state index in [0.717, 1.165) is 18.4 Å². The van der Waals surface area contributed by atoms with Crippen LogP contribution in [0.2, 0.25) is 5.02 Å². The first-order valence-corrected chi connectivity index (χ1v) is 12.2. The first-order chi connectivity index (χ1) is 16.8. The Bertz CT molecular complexity index is 1280. The van der Waals surface area contributed by atoms with E-state index in [4.69, 9.17) is 11.6 Å². The third-order valence-electron chi connectivity index (χ3n) is 6.26. The normalized spacial score (nSPS) is 15.9. The van der Waals surface area contributed by atoms with Crippen LogP contribution in [0, 0.1) is 11.7 Å². The van der Waals surface area contributed by atoms with E-state index in [1.165, 1.54) is 12.1 Å². The van der Waals surface area contributed by atoms with Gasteiger partial charge in [-0.1, -0.05) is 30.7 Å². The maximum absolute atomic E-state index is 13.5. The van der Waals surface area contributed by atoms with Crippen molar-refractivity contribution >= 4 is 34.3 Å². The first-order valence-electron chi connectivity index (χ1n) is 11.8. The minimum atomic E-state index is -0.341. The number of aromatic nitrogens is 2. The number of nitrogens with one attached hydrogen (secondary N) is 1. The highest BCUT2D eigenvalue weighted by molar-refractivity contribution is 6.31. The van der Waals surface area contributed by atoms with Gasteiger partial charge in [0, 0.05) is 24.7 Å². The van der Waals surface area contributed by atoms with Crippen molar-refractivity contribution in [3.63, 3.8) is 0 Å². The molecule has 1 atom stereocenters. The second kappa shape index (κ2) is 11.0. The van der Waals surface area contributed by atoms with E-state index in [0.29, 0.717) is 47.8 Å². The topological polar surface area (TPSA) is 86.4 Å². The molecule has 0 radical (unpaired) electrons. The molecule has 0 bridgehead atoms. The van der Waals surface area contributed by atoms with Crippen LogP contribution in [0.25, 0.3) is 10.9 Å². The van der Waals surface area contributed by atoms with Gasteiger partial charge in [-0.2, -0.15) is 0 Å². The number of hydrogen-bond donors (Lipinski definition) is 1. The van der Waals surface area contributed by atoms with Crippen molar-refractivity contribution in [2.75, 3.05) is 19.6 Å². The quantitative estimate of drug-likeness (QED) is 0.534. The Labute approximate surface area is 207 Å². The van der Waals surface area contributed by atoms with Crippen LogP contribution in [0.1, 0.15) is 37.6 Å². The number of rotatable bonds is 7. The van der Waals surface area contributed by atoms with Gasteiger partial charge in [0.25, 0.3) is 5.56 Å². The Morgan fingerprint density at radius 1 is 1.23 bits per heavy atom. The maximum atomic E-state index is 13.5. The second-order valence-corrected chi connectivity index (χ2v) is 9.35. The van der Waals surface area contributed by atoms with Crippen molar-refractivity contribution in [3.8, 4) is 0 Å². The molecule has 0 spiro atoms. The zero-order valence-corrected chi connectivity index (χ0v) is 20.4. The maximum Gasteiger partial charge on any atom is 0.258 e. The summed E-state index contributed by atoms with van der Waals surface area (Å²) in [6, 6.07) is 10.8. The van der Waals surface area contributed by atoms with Crippen molar-refractivity contribution in [1.82, 2.24) is 19.8 Å². The number of aromatic amines is 1. The number of H-pyrrole nitrogens is 1. The molecule has 9 heteroatoms. The summed E-state index contributed by atoms with van der Waals surface area (Å²) >= 11 is 6.06. The van der Waals surface area contributed by atoms with E-state index in [9.17, 15) is 18.8 Å². The number of benzene rings is 2. The summed E-state index contributed by atoms with van der Waals surface area (Å²) in [7, 11) is 0. The fourth-order valence-corrected chi connectivity index (χ4v) is 4.67. The van der Waals surface area contributed by atoms with E-state index in [1.54, 1.807) is 40.1 Å². The molecule has 0 saturated carbocycles. The Hall–Kier alpha value is -3.26. The molecule has 2 amide bonds. The van der Waals surface area contributed by atoms with Crippen LogP contribution in [0.4, 0.5) is 4.39 Å². The van der Waals surface area contributed by atoms with E-state index in [1.807, 2.05) is 6.92 Å². The predicted molar refractivity (Wildman–Crippen MR) is 132 cm³/mol. The molecule has 35 heavy (non-hydrogen) atoms. The summed E-state index contributed by atoms with van der Waals surface area (Å²) in [5, 5.41) is 0.921. The van der Waals surface area contributed by atoms with Crippen molar-refractivity contribution in [2.45, 2.75) is 39.2 Å². The standard InChI is InChI=1S/C26H28ClFN4O3/c1-2-11-32(16-23-29-22-14-19(27)7-10-21(22)25(34)30-23)26(35)18-4-3-12-31(15-18)24(33)13-17-5-8-20(28)9-6-17/h5-10,14,18H,2-4,11-13,15-16H2,1H3,(H,29,30,34). The summed E-state index contributed by atoms with van der Waals surface area (Å²) in [5.74, 6) is -0.402. The monoisotopic (exact) mass is 498 g/mol. The van der Waals surface area contributed by atoms with Gasteiger partial charge in [0.05, 0.1) is 29.8 Å². The van der Waals surface area contributed by atoms with Crippen LogP contribution >= 0.6 is 11.6 Å². The first kappa shape index (κ1) is 24.9. The van der Waals surface area contributed by atoms with E-state index in [-0.39, 0.29) is 42.1 Å². The number of likely N-dealkylation sites (tertiary alicyclic amines) is 1. The van der Waals surface area contributed by atoms with Gasteiger partial charge in [-0.3, -0.25) is 14.4 Å². The molecule has 4 rings (SSSR count). The van der Waals surface area contributed by atoms with Gasteiger partial charge in [-0.15, -0.1) is 0 Å². The number of hydrogen-bond acceptors (Lipinski definition) is 4. The highest BCUT2D eigenvalue weighted by Crippen LogP contribution is 2.21. The summed E-state index contributed by atoms with van der Waals surface area (Å²) in [6.07, 6.45) is 2.34. The number of nitrogens with zero attached hydrogens (tertiary/aromatic N) is 3. The average Bonchev–Trinajstić information content (AvgIpc) is 2.84. The molecule has 1 aromatic heterocycles. The van der Waals surface area contributed by atoms with Crippen molar-refractivity contribution in [3.05, 3.63) is 75.0 Å². The van der Waals surface area contributed by atoms with Crippen LogP contribution in [-0.4, -0.2) is 51.2 Å². The Balaban J connectivity index is 1.46. The zero-order valence-electron chi connectivity index (χ0n) is 19.6. The molecule has 2 aromatic carbocycles. The molecule has 1 N–H and O–H groups in total. The molecular weight excluding hydrogens is 471 g/mol. The number of carbonyl (C=O) groups excluding carboxylic acids is 2. The summed E-state index contributed by atoms with van der Waals surface area (Å²) < 4.78 is 13.2. The lowest BCUT2D eigenvalue weighted by molar-refractivity contribution is -0.141. The van der Waals surface area contributed by atoms with Crippen LogP contribution in [0.15, 0.2) is 47.3 Å². The highest BCUT2D eigenvalue weighted by Gasteiger charge is 2.31. The molecule has 7 nitrogen and oxygen atoms in total. The summed E-state index contributed by atoms with van der Waals surface area (Å²) in [6.45, 7) is 3.60. The van der Waals surface area contributed by atoms with Gasteiger partial charge in [-0.05, 0) is 55.2 Å². The number of amides is 2. The number of carbonyl (C=O) groups is 2. The van der Waals surface area contributed by atoms with Crippen LogP contribution < -0.4 is 5.56 Å². The van der Waals surface area contributed by atoms with Crippen LogP contribution in [0.5, 0.6) is 0 Å². The largest absolute Gasteiger partial charge is 0.342 e. The minimum Gasteiger partial charge on any atom is -0.342 e. The van der Waals surface area contributed by atoms with E-state index in [2.05, 4.69) is 9.97 Å². The Kier molecular flexibility index (Phi) is 7.80. The molecule has 0 aliphatic carbocycles. The van der Waals surface area contributed by atoms with Gasteiger partial charge in [0.1, 0.15) is 11.6 Å². The Morgan fingerprint density at radius 2 is 2.00 bits per heavy atom. The van der Waals surface area contributed by atoms with Crippen molar-refractivity contribution in [2.24, 2.45) is 5.92 Å². The molecule has 2 heterocycles. The minimum absolute atomic E-state index is 0.0556. The number of fused-ring (bicyclic) bond motifs is 1. The van der Waals surface area contributed by atoms with Crippen LogP contribution in [0.3, 0.4) is 0 Å². The number of halogens is 2. The van der Waals surface area contributed by atoms with Crippen molar-refractivity contribution in [1.29, 1.82) is 0 Å². The third kappa shape index (κ3) is 6.06. The molecule has 1 aliphatic rings. The average molecular weight is 499 g/mol. The van der Waals surface area contributed by atoms with Gasteiger partial charge in [0.15, 0.2) is 0 Å². The van der Waals surface area contributed by atoms with Gasteiger partial charge < -0.3 is 14.8 Å². The third-order valence-corrected chi connectivity index (χ3v) is 6.49. The summed E-state index contributed by atoms with van der Waals surface area (Å²) in [4.78, 5) is 49.5. The molecular formula is C26H28ClFN4O3. The fourth-order valence-electron chi connectivity index (χ4n) is 4.51. The van der Waals surface area contributed by atoms with Crippen molar-refractivity contribution < 1.29 is 14.0 Å². The Morgan fingerprint density at radius 3 is 2.74 bits per heavy atom. The molecule has 1 aliphatic heterocycles. The lowest BCUT2D eigenvalue weighted by atomic mass is 9.95. The molecule has 1 unspecified atom stereocenters. The second-order valence-electron chi connectivity index (χ2n) is 8.92. The lowest BCUT2D eigenvalue weighted by Gasteiger charge is -2.35. The lowest BCUT2D eigenvalue weighted by Crippen LogP contribution is -2.47. The highest BCUT2D eigenvalue weighted by atomic mass is 35.5. The van der Waals surface area contributed by atoms with Gasteiger partial charge in [0.2, 0.25) is 11.8 Å². The molecule has 1 fully saturated rings. The predicted octanol–water partition coefficient (Wildman–Crippen LogP) is 3.94. The van der Waals surface area contributed by atoms with Gasteiger partial charge in [-0.25, -0.2) is 9.37 Å². The zero-order chi connectivity index (χ0) is 24.9. The van der Waals surface area contributed by atoms with Crippen LogP contribution in [-0.2, 0) is 22.6 Å². The molecule has 184 valence electrons.